The SMILES string of the molecule is C=C.Cc1nc(-c2ccc(-c3ccccc3)cc2)c2c(n1)=CC1CC1C=2. The zero-order valence-corrected chi connectivity index (χ0v) is 15.0. The first-order valence-electron chi connectivity index (χ1n) is 9.02. The molecule has 1 saturated carbocycles. The van der Waals surface area contributed by atoms with Crippen LogP contribution in [0.5, 0.6) is 0 Å². The molecule has 2 aliphatic carbocycles. The van der Waals surface area contributed by atoms with Crippen LogP contribution in [0.1, 0.15) is 12.2 Å². The van der Waals surface area contributed by atoms with Crippen molar-refractivity contribution in [3.8, 4) is 22.4 Å². The monoisotopic (exact) mass is 338 g/mol. The van der Waals surface area contributed by atoms with Crippen LogP contribution in [0.4, 0.5) is 0 Å². The van der Waals surface area contributed by atoms with E-state index in [1.807, 2.05) is 13.0 Å². The second-order valence-electron chi connectivity index (χ2n) is 6.76. The Bertz CT molecular complexity index is 1050. The minimum absolute atomic E-state index is 0.700. The molecule has 3 aromatic rings. The van der Waals surface area contributed by atoms with Crippen LogP contribution in [0.2, 0.25) is 0 Å². The van der Waals surface area contributed by atoms with Crippen molar-refractivity contribution in [3.63, 3.8) is 0 Å². The molecule has 0 N–H and O–H groups in total. The summed E-state index contributed by atoms with van der Waals surface area (Å²) < 4.78 is 0. The Morgan fingerprint density at radius 3 is 2.12 bits per heavy atom. The van der Waals surface area contributed by atoms with Crippen LogP contribution in [-0.2, 0) is 0 Å². The third-order valence-corrected chi connectivity index (χ3v) is 5.00. The van der Waals surface area contributed by atoms with Gasteiger partial charge in [-0.2, -0.15) is 0 Å². The predicted octanol–water partition coefficient (Wildman–Crippen LogP) is 4.13. The maximum Gasteiger partial charge on any atom is 0.126 e. The largest absolute Gasteiger partial charge is 0.234 e. The van der Waals surface area contributed by atoms with Gasteiger partial charge in [0.15, 0.2) is 0 Å². The molecule has 1 fully saturated rings. The van der Waals surface area contributed by atoms with Crippen molar-refractivity contribution in [2.75, 3.05) is 0 Å². The van der Waals surface area contributed by atoms with Gasteiger partial charge in [0.2, 0.25) is 0 Å². The van der Waals surface area contributed by atoms with Crippen molar-refractivity contribution in [2.45, 2.75) is 13.3 Å². The van der Waals surface area contributed by atoms with E-state index in [0.717, 1.165) is 16.9 Å². The first kappa shape index (κ1) is 16.5. The summed E-state index contributed by atoms with van der Waals surface area (Å²) in [6.45, 7) is 7.98. The summed E-state index contributed by atoms with van der Waals surface area (Å²) in [6.07, 6.45) is 5.97. The van der Waals surface area contributed by atoms with E-state index in [2.05, 4.69) is 78.8 Å². The molecule has 0 aliphatic heterocycles. The van der Waals surface area contributed by atoms with Gasteiger partial charge < -0.3 is 0 Å². The second-order valence-corrected chi connectivity index (χ2v) is 6.76. The van der Waals surface area contributed by atoms with Gasteiger partial charge in [-0.05, 0) is 36.3 Å². The smallest absolute Gasteiger partial charge is 0.126 e. The van der Waals surface area contributed by atoms with Gasteiger partial charge in [0, 0.05) is 10.8 Å². The summed E-state index contributed by atoms with van der Waals surface area (Å²) in [5.74, 6) is 2.26. The van der Waals surface area contributed by atoms with Crippen molar-refractivity contribution < 1.29 is 0 Å². The van der Waals surface area contributed by atoms with E-state index in [9.17, 15) is 0 Å². The molecule has 2 nitrogen and oxygen atoms in total. The Labute approximate surface area is 154 Å². The van der Waals surface area contributed by atoms with Gasteiger partial charge in [-0.3, -0.25) is 0 Å². The number of fused-ring (bicyclic) bond motifs is 2. The average Bonchev–Trinajstić information content (AvgIpc) is 3.46. The van der Waals surface area contributed by atoms with Crippen LogP contribution in [0.15, 0.2) is 67.8 Å². The molecule has 0 radical (unpaired) electrons. The highest BCUT2D eigenvalue weighted by Crippen LogP contribution is 2.42. The second kappa shape index (κ2) is 6.72. The highest BCUT2D eigenvalue weighted by molar-refractivity contribution is 5.70. The van der Waals surface area contributed by atoms with Gasteiger partial charge in [-0.1, -0.05) is 66.7 Å². The molecule has 2 aromatic carbocycles. The summed E-state index contributed by atoms with van der Waals surface area (Å²) >= 11 is 0. The van der Waals surface area contributed by atoms with E-state index in [1.54, 1.807) is 0 Å². The Balaban J connectivity index is 0.000000814. The van der Waals surface area contributed by atoms with Crippen LogP contribution in [0.25, 0.3) is 34.5 Å². The van der Waals surface area contributed by atoms with E-state index >= 15 is 0 Å². The molecule has 2 heteroatoms. The molecule has 0 saturated heterocycles. The Morgan fingerprint density at radius 2 is 1.38 bits per heavy atom. The molecule has 26 heavy (non-hydrogen) atoms. The van der Waals surface area contributed by atoms with Crippen LogP contribution in [0, 0.1) is 18.8 Å². The Morgan fingerprint density at radius 1 is 0.769 bits per heavy atom. The minimum Gasteiger partial charge on any atom is -0.234 e. The van der Waals surface area contributed by atoms with Crippen molar-refractivity contribution in [1.82, 2.24) is 9.97 Å². The molecule has 1 heterocycles. The lowest BCUT2D eigenvalue weighted by Crippen LogP contribution is -2.34. The fourth-order valence-electron chi connectivity index (χ4n) is 3.60. The van der Waals surface area contributed by atoms with Crippen LogP contribution >= 0.6 is 0 Å². The zero-order valence-electron chi connectivity index (χ0n) is 15.0. The first-order chi connectivity index (χ1) is 12.8. The highest BCUT2D eigenvalue weighted by atomic mass is 14.9. The molecular weight excluding hydrogens is 316 g/mol. The zero-order chi connectivity index (χ0) is 18.1. The van der Waals surface area contributed by atoms with Gasteiger partial charge in [0.25, 0.3) is 0 Å². The van der Waals surface area contributed by atoms with E-state index in [1.165, 1.54) is 28.3 Å². The summed E-state index contributed by atoms with van der Waals surface area (Å²) in [6, 6.07) is 19.2. The quantitative estimate of drug-likeness (QED) is 0.657. The van der Waals surface area contributed by atoms with Crippen LogP contribution in [0.3, 0.4) is 0 Å². The van der Waals surface area contributed by atoms with Crippen molar-refractivity contribution >= 4 is 12.2 Å². The summed E-state index contributed by atoms with van der Waals surface area (Å²) in [4.78, 5) is 9.39. The Kier molecular flexibility index (Phi) is 4.26. The first-order valence-corrected chi connectivity index (χ1v) is 9.02. The predicted molar refractivity (Wildman–Crippen MR) is 109 cm³/mol. The molecular formula is C24H22N2. The van der Waals surface area contributed by atoms with E-state index < -0.39 is 0 Å². The maximum absolute atomic E-state index is 4.75. The molecule has 0 bridgehead atoms. The normalized spacial score (nSPS) is 19.0. The van der Waals surface area contributed by atoms with Gasteiger partial charge in [0.05, 0.1) is 11.0 Å². The third-order valence-electron chi connectivity index (χ3n) is 5.00. The number of hydrogen-bond donors (Lipinski definition) is 0. The topological polar surface area (TPSA) is 25.8 Å². The number of benzene rings is 2. The summed E-state index contributed by atoms with van der Waals surface area (Å²) in [5.41, 5.74) is 4.71. The van der Waals surface area contributed by atoms with Crippen molar-refractivity contribution in [3.05, 3.63) is 84.1 Å². The fraction of sp³-hybridized carbons (Fsp3) is 0.167. The number of aromatic nitrogens is 2. The molecule has 2 atom stereocenters. The van der Waals surface area contributed by atoms with E-state index in [0.29, 0.717) is 11.8 Å². The Hall–Kier alpha value is -3.00. The van der Waals surface area contributed by atoms with Crippen LogP contribution in [-0.4, -0.2) is 9.97 Å². The van der Waals surface area contributed by atoms with Gasteiger partial charge in [0.1, 0.15) is 5.82 Å². The lowest BCUT2D eigenvalue weighted by molar-refractivity contribution is 0.969. The molecule has 5 rings (SSSR count). The summed E-state index contributed by atoms with van der Waals surface area (Å²) in [7, 11) is 0. The van der Waals surface area contributed by atoms with Crippen molar-refractivity contribution in [2.24, 2.45) is 11.8 Å². The molecule has 2 aliphatic rings. The molecule has 0 spiro atoms. The minimum atomic E-state index is 0.700. The average molecular weight is 338 g/mol. The van der Waals surface area contributed by atoms with Crippen LogP contribution < -0.4 is 10.6 Å². The summed E-state index contributed by atoms with van der Waals surface area (Å²) in [5, 5.41) is 2.33. The number of nitrogens with zero attached hydrogens (tertiary/aromatic N) is 2. The van der Waals surface area contributed by atoms with Gasteiger partial charge in [-0.15, -0.1) is 13.2 Å². The van der Waals surface area contributed by atoms with Crippen molar-refractivity contribution in [1.29, 1.82) is 0 Å². The molecule has 1 aromatic heterocycles. The number of aryl methyl sites for hydroxylation is 1. The lowest BCUT2D eigenvalue weighted by atomic mass is 10.0. The molecule has 2 unspecified atom stereocenters. The maximum atomic E-state index is 4.75. The third kappa shape index (κ3) is 2.99. The number of hydrogen-bond acceptors (Lipinski definition) is 2. The highest BCUT2D eigenvalue weighted by Gasteiger charge is 2.35. The van der Waals surface area contributed by atoms with Gasteiger partial charge >= 0.3 is 0 Å². The number of rotatable bonds is 2. The lowest BCUT2D eigenvalue weighted by Gasteiger charge is -2.08. The van der Waals surface area contributed by atoms with E-state index in [4.69, 9.17) is 4.98 Å². The molecule has 0 amide bonds. The molecule has 128 valence electrons. The van der Waals surface area contributed by atoms with Gasteiger partial charge in [-0.25, -0.2) is 9.97 Å². The standard InChI is InChI=1S/C22H18N2.C2H4/c1-14-23-21-13-19-11-18(19)12-20(21)22(24-14)17-9-7-16(8-10-17)15-5-3-2-4-6-15;1-2/h2-10,12-13,18-19H,11H2,1H3;1-2H2. The fourth-order valence-corrected chi connectivity index (χ4v) is 3.60. The van der Waals surface area contributed by atoms with E-state index in [-0.39, 0.29) is 0 Å².